The standard InChI is InChI=1S/C26H26O4/c1-17(2)25(27)29-22-15-10-16-23(30-26(28)18(3)4)24(22)21-14-9-8-13-20(21)19-11-6-5-7-12-19/h5-18H,1-4H3. The van der Waals surface area contributed by atoms with Gasteiger partial charge in [0.2, 0.25) is 0 Å². The normalized spacial score (nSPS) is 10.9. The molecule has 0 aliphatic rings. The van der Waals surface area contributed by atoms with Crippen LogP contribution in [0, 0.1) is 11.8 Å². The SMILES string of the molecule is CC(C)C(=O)Oc1cccc(OC(=O)C(C)C)c1-c1ccccc1-c1ccccc1. The summed E-state index contributed by atoms with van der Waals surface area (Å²) in [6.07, 6.45) is 0. The van der Waals surface area contributed by atoms with Crippen molar-refractivity contribution in [3.63, 3.8) is 0 Å². The summed E-state index contributed by atoms with van der Waals surface area (Å²) in [7, 11) is 0. The lowest BCUT2D eigenvalue weighted by Crippen LogP contribution is -2.17. The minimum atomic E-state index is -0.347. The lowest BCUT2D eigenvalue weighted by atomic mass is 9.93. The topological polar surface area (TPSA) is 52.6 Å². The third kappa shape index (κ3) is 4.77. The van der Waals surface area contributed by atoms with Gasteiger partial charge in [-0.05, 0) is 28.8 Å². The highest BCUT2D eigenvalue weighted by atomic mass is 16.5. The van der Waals surface area contributed by atoms with Gasteiger partial charge in [-0.15, -0.1) is 0 Å². The first kappa shape index (κ1) is 21.3. The zero-order valence-corrected chi connectivity index (χ0v) is 17.7. The van der Waals surface area contributed by atoms with Gasteiger partial charge in [-0.1, -0.05) is 88.4 Å². The molecular weight excluding hydrogens is 376 g/mol. The molecule has 0 heterocycles. The Bertz CT molecular complexity index is 996. The largest absolute Gasteiger partial charge is 0.426 e. The predicted molar refractivity (Wildman–Crippen MR) is 118 cm³/mol. The molecule has 0 bridgehead atoms. The maximum atomic E-state index is 12.4. The molecule has 0 saturated heterocycles. The van der Waals surface area contributed by atoms with Crippen molar-refractivity contribution in [1.29, 1.82) is 0 Å². The van der Waals surface area contributed by atoms with E-state index in [-0.39, 0.29) is 23.8 Å². The molecule has 0 aliphatic heterocycles. The smallest absolute Gasteiger partial charge is 0.313 e. The summed E-state index contributed by atoms with van der Waals surface area (Å²) in [4.78, 5) is 24.7. The number of hydrogen-bond donors (Lipinski definition) is 0. The number of carbonyl (C=O) groups excluding carboxylic acids is 2. The Morgan fingerprint density at radius 1 is 0.600 bits per heavy atom. The van der Waals surface area contributed by atoms with Gasteiger partial charge in [0.25, 0.3) is 0 Å². The molecule has 4 heteroatoms. The number of carbonyl (C=O) groups is 2. The third-order valence-corrected chi connectivity index (χ3v) is 4.63. The van der Waals surface area contributed by atoms with Gasteiger partial charge in [0, 0.05) is 0 Å². The third-order valence-electron chi connectivity index (χ3n) is 4.63. The molecule has 0 aromatic heterocycles. The lowest BCUT2D eigenvalue weighted by molar-refractivity contribution is -0.138. The number of esters is 2. The van der Waals surface area contributed by atoms with Gasteiger partial charge in [0.15, 0.2) is 0 Å². The van der Waals surface area contributed by atoms with E-state index in [0.717, 1.165) is 16.7 Å². The van der Waals surface area contributed by atoms with Gasteiger partial charge < -0.3 is 9.47 Å². The zero-order chi connectivity index (χ0) is 21.7. The fourth-order valence-corrected chi connectivity index (χ4v) is 2.97. The van der Waals surface area contributed by atoms with Gasteiger partial charge >= 0.3 is 11.9 Å². The van der Waals surface area contributed by atoms with Crippen molar-refractivity contribution < 1.29 is 19.1 Å². The summed E-state index contributed by atoms with van der Waals surface area (Å²) in [5.74, 6) is -0.535. The summed E-state index contributed by atoms with van der Waals surface area (Å²) in [5.41, 5.74) is 3.37. The Kier molecular flexibility index (Phi) is 6.68. The first-order valence-electron chi connectivity index (χ1n) is 10.1. The van der Waals surface area contributed by atoms with Crippen molar-refractivity contribution in [1.82, 2.24) is 0 Å². The second-order valence-corrected chi connectivity index (χ2v) is 7.69. The van der Waals surface area contributed by atoms with Crippen LogP contribution in [-0.2, 0) is 9.59 Å². The Labute approximate surface area is 177 Å². The van der Waals surface area contributed by atoms with E-state index in [1.807, 2.05) is 54.6 Å². The monoisotopic (exact) mass is 402 g/mol. The van der Waals surface area contributed by atoms with E-state index < -0.39 is 0 Å². The van der Waals surface area contributed by atoms with E-state index in [0.29, 0.717) is 17.1 Å². The fraction of sp³-hybridized carbons (Fsp3) is 0.231. The van der Waals surface area contributed by atoms with E-state index in [9.17, 15) is 9.59 Å². The molecular formula is C26H26O4. The lowest BCUT2D eigenvalue weighted by Gasteiger charge is -2.18. The Balaban J connectivity index is 2.21. The minimum Gasteiger partial charge on any atom is -0.426 e. The Morgan fingerprint density at radius 3 is 1.57 bits per heavy atom. The van der Waals surface area contributed by atoms with E-state index >= 15 is 0 Å². The molecule has 0 saturated carbocycles. The molecule has 154 valence electrons. The van der Waals surface area contributed by atoms with E-state index in [4.69, 9.17) is 9.47 Å². The molecule has 0 N–H and O–H groups in total. The van der Waals surface area contributed by atoms with Crippen molar-refractivity contribution in [3.8, 4) is 33.8 Å². The van der Waals surface area contributed by atoms with Crippen LogP contribution in [0.4, 0.5) is 0 Å². The molecule has 3 aromatic rings. The predicted octanol–water partition coefficient (Wildman–Crippen LogP) is 6.14. The Hall–Kier alpha value is -3.40. The minimum absolute atomic E-state index is 0.288. The first-order chi connectivity index (χ1) is 14.4. The molecule has 0 radical (unpaired) electrons. The second kappa shape index (κ2) is 9.40. The molecule has 30 heavy (non-hydrogen) atoms. The summed E-state index contributed by atoms with van der Waals surface area (Å²) in [6.45, 7) is 7.12. The van der Waals surface area contributed by atoms with Crippen LogP contribution in [0.25, 0.3) is 22.3 Å². The molecule has 0 amide bonds. The highest BCUT2D eigenvalue weighted by Crippen LogP contribution is 2.43. The average Bonchev–Trinajstić information content (AvgIpc) is 2.74. The molecule has 0 spiro atoms. The second-order valence-electron chi connectivity index (χ2n) is 7.69. The van der Waals surface area contributed by atoms with Crippen molar-refractivity contribution in [2.24, 2.45) is 11.8 Å². The molecule has 0 atom stereocenters. The zero-order valence-electron chi connectivity index (χ0n) is 17.7. The summed E-state index contributed by atoms with van der Waals surface area (Å²) in [6, 6.07) is 22.9. The molecule has 0 unspecified atom stereocenters. The number of hydrogen-bond acceptors (Lipinski definition) is 4. The van der Waals surface area contributed by atoms with E-state index in [1.54, 1.807) is 45.9 Å². The van der Waals surface area contributed by atoms with Crippen LogP contribution in [0.3, 0.4) is 0 Å². The summed E-state index contributed by atoms with van der Waals surface area (Å²) >= 11 is 0. The van der Waals surface area contributed by atoms with Crippen molar-refractivity contribution in [3.05, 3.63) is 72.8 Å². The molecule has 0 fully saturated rings. The quantitative estimate of drug-likeness (QED) is 0.367. The molecule has 0 aliphatic carbocycles. The van der Waals surface area contributed by atoms with Gasteiger partial charge in [-0.2, -0.15) is 0 Å². The Morgan fingerprint density at radius 2 is 1.07 bits per heavy atom. The fourth-order valence-electron chi connectivity index (χ4n) is 2.97. The average molecular weight is 402 g/mol. The van der Waals surface area contributed by atoms with Crippen molar-refractivity contribution in [2.75, 3.05) is 0 Å². The van der Waals surface area contributed by atoms with Gasteiger partial charge in [0.1, 0.15) is 11.5 Å². The van der Waals surface area contributed by atoms with Crippen molar-refractivity contribution >= 4 is 11.9 Å². The van der Waals surface area contributed by atoms with Crippen LogP contribution in [0.15, 0.2) is 72.8 Å². The number of benzene rings is 3. The first-order valence-corrected chi connectivity index (χ1v) is 10.1. The summed E-state index contributed by atoms with van der Waals surface area (Å²) < 4.78 is 11.4. The van der Waals surface area contributed by atoms with Crippen LogP contribution in [0.2, 0.25) is 0 Å². The van der Waals surface area contributed by atoms with Crippen LogP contribution in [0.5, 0.6) is 11.5 Å². The molecule has 3 aromatic carbocycles. The van der Waals surface area contributed by atoms with E-state index in [2.05, 4.69) is 0 Å². The maximum Gasteiger partial charge on any atom is 0.313 e. The number of ether oxygens (including phenoxy) is 2. The highest BCUT2D eigenvalue weighted by Gasteiger charge is 2.22. The van der Waals surface area contributed by atoms with Gasteiger partial charge in [0.05, 0.1) is 17.4 Å². The van der Waals surface area contributed by atoms with Crippen LogP contribution in [0.1, 0.15) is 27.7 Å². The van der Waals surface area contributed by atoms with Crippen molar-refractivity contribution in [2.45, 2.75) is 27.7 Å². The number of rotatable bonds is 6. The van der Waals surface area contributed by atoms with Crippen LogP contribution in [-0.4, -0.2) is 11.9 Å². The van der Waals surface area contributed by atoms with E-state index in [1.165, 1.54) is 0 Å². The van der Waals surface area contributed by atoms with Gasteiger partial charge in [-0.25, -0.2) is 0 Å². The highest BCUT2D eigenvalue weighted by molar-refractivity contribution is 5.92. The molecule has 3 rings (SSSR count). The maximum absolute atomic E-state index is 12.4. The molecule has 4 nitrogen and oxygen atoms in total. The van der Waals surface area contributed by atoms with Crippen LogP contribution < -0.4 is 9.47 Å². The summed E-state index contributed by atoms with van der Waals surface area (Å²) in [5, 5.41) is 0. The van der Waals surface area contributed by atoms with Gasteiger partial charge in [-0.3, -0.25) is 9.59 Å². The van der Waals surface area contributed by atoms with Crippen LogP contribution >= 0.6 is 0 Å².